The third kappa shape index (κ3) is 3.20. The van der Waals surface area contributed by atoms with Gasteiger partial charge in [-0.2, -0.15) is 0 Å². The summed E-state index contributed by atoms with van der Waals surface area (Å²) in [5.41, 5.74) is 1.96. The third-order valence-corrected chi connectivity index (χ3v) is 4.63. The number of amides is 1. The van der Waals surface area contributed by atoms with Crippen molar-refractivity contribution in [3.63, 3.8) is 0 Å². The van der Waals surface area contributed by atoms with Crippen LogP contribution in [0.3, 0.4) is 0 Å². The fraction of sp³-hybridized carbons (Fsp3) is 0.188. The maximum absolute atomic E-state index is 12.3. The zero-order valence-corrected chi connectivity index (χ0v) is 13.1. The largest absolute Gasteiger partial charge is 0.444 e. The molecule has 0 saturated carbocycles. The molecule has 23 heavy (non-hydrogen) atoms. The first-order valence-corrected chi connectivity index (χ1v) is 8.64. The quantitative estimate of drug-likeness (QED) is 0.931. The summed E-state index contributed by atoms with van der Waals surface area (Å²) in [6.07, 6.45) is -0.0113. The summed E-state index contributed by atoms with van der Waals surface area (Å²) in [6.45, 7) is 0.499. The molecule has 2 N–H and O–H groups in total. The standard InChI is InChI=1S/C16H16N2O4S/c17-23(20,21)14-8-4-7-13-9-10-18(15(13)14)16(19)22-11-12-5-2-1-3-6-12/h1-8H,9-11H2,(H2,17,20,21). The van der Waals surface area contributed by atoms with Crippen LogP contribution in [0.4, 0.5) is 10.5 Å². The van der Waals surface area contributed by atoms with Crippen LogP contribution in [0.25, 0.3) is 0 Å². The lowest BCUT2D eigenvalue weighted by molar-refractivity contribution is 0.147. The van der Waals surface area contributed by atoms with E-state index in [9.17, 15) is 13.2 Å². The van der Waals surface area contributed by atoms with E-state index in [4.69, 9.17) is 9.88 Å². The molecule has 0 aromatic heterocycles. The molecule has 0 bridgehead atoms. The van der Waals surface area contributed by atoms with Crippen molar-refractivity contribution in [3.05, 3.63) is 59.7 Å². The molecule has 0 unspecified atom stereocenters. The number of nitrogens with two attached hydrogens (primary N) is 1. The van der Waals surface area contributed by atoms with Crippen LogP contribution < -0.4 is 10.0 Å². The molecule has 0 atom stereocenters. The molecule has 0 aliphatic carbocycles. The maximum Gasteiger partial charge on any atom is 0.414 e. The van der Waals surface area contributed by atoms with Gasteiger partial charge >= 0.3 is 6.09 Å². The van der Waals surface area contributed by atoms with Crippen molar-refractivity contribution in [3.8, 4) is 0 Å². The average Bonchev–Trinajstić information content (AvgIpc) is 2.96. The lowest BCUT2D eigenvalue weighted by atomic mass is 10.2. The van der Waals surface area contributed by atoms with Crippen LogP contribution in [-0.4, -0.2) is 21.1 Å². The Kier molecular flexibility index (Phi) is 4.06. The number of carbonyl (C=O) groups is 1. The molecule has 0 spiro atoms. The van der Waals surface area contributed by atoms with E-state index in [1.165, 1.54) is 11.0 Å². The van der Waals surface area contributed by atoms with E-state index in [0.717, 1.165) is 11.1 Å². The molecule has 1 aliphatic rings. The predicted octanol–water partition coefficient (Wildman–Crippen LogP) is 2.03. The number of sulfonamides is 1. The summed E-state index contributed by atoms with van der Waals surface area (Å²) in [5, 5.41) is 5.25. The highest BCUT2D eigenvalue weighted by Crippen LogP contribution is 2.34. The Morgan fingerprint density at radius 2 is 1.87 bits per heavy atom. The van der Waals surface area contributed by atoms with Crippen LogP contribution in [0.15, 0.2) is 53.4 Å². The maximum atomic E-state index is 12.3. The first-order valence-electron chi connectivity index (χ1n) is 7.10. The molecule has 6 nitrogen and oxygen atoms in total. The number of benzene rings is 2. The van der Waals surface area contributed by atoms with Gasteiger partial charge in [0, 0.05) is 6.54 Å². The van der Waals surface area contributed by atoms with Gasteiger partial charge in [0.05, 0.1) is 5.69 Å². The molecule has 2 aromatic carbocycles. The van der Waals surface area contributed by atoms with Gasteiger partial charge in [0.1, 0.15) is 11.5 Å². The van der Waals surface area contributed by atoms with E-state index >= 15 is 0 Å². The highest BCUT2D eigenvalue weighted by atomic mass is 32.2. The monoisotopic (exact) mass is 332 g/mol. The minimum Gasteiger partial charge on any atom is -0.444 e. The normalized spacial score (nSPS) is 13.7. The molecule has 1 aliphatic heterocycles. The Balaban J connectivity index is 1.83. The Hall–Kier alpha value is -2.38. The van der Waals surface area contributed by atoms with E-state index in [0.29, 0.717) is 18.7 Å². The zero-order valence-electron chi connectivity index (χ0n) is 12.3. The molecular weight excluding hydrogens is 316 g/mol. The van der Waals surface area contributed by atoms with Gasteiger partial charge in [0.2, 0.25) is 10.0 Å². The lowest BCUT2D eigenvalue weighted by Crippen LogP contribution is -2.31. The second-order valence-corrected chi connectivity index (χ2v) is 6.78. The molecule has 0 saturated heterocycles. The highest BCUT2D eigenvalue weighted by Gasteiger charge is 2.31. The molecule has 7 heteroatoms. The molecule has 120 valence electrons. The first kappa shape index (κ1) is 15.5. The van der Waals surface area contributed by atoms with Crippen molar-refractivity contribution in [2.24, 2.45) is 5.14 Å². The number of primary sulfonamides is 1. The Bertz CT molecular complexity index is 834. The van der Waals surface area contributed by atoms with Crippen LogP contribution in [0.2, 0.25) is 0 Å². The molecule has 1 amide bonds. The van der Waals surface area contributed by atoms with Crippen molar-refractivity contribution >= 4 is 21.8 Å². The van der Waals surface area contributed by atoms with Crippen molar-refractivity contribution in [1.82, 2.24) is 0 Å². The molecule has 1 heterocycles. The van der Waals surface area contributed by atoms with E-state index in [1.54, 1.807) is 12.1 Å². The molecule has 2 aromatic rings. The number of hydrogen-bond donors (Lipinski definition) is 1. The van der Waals surface area contributed by atoms with Gasteiger partial charge in [0.15, 0.2) is 0 Å². The minimum absolute atomic E-state index is 0.0517. The van der Waals surface area contributed by atoms with Crippen molar-refractivity contribution in [2.75, 3.05) is 11.4 Å². The molecule has 0 radical (unpaired) electrons. The zero-order chi connectivity index (χ0) is 16.4. The number of hydrogen-bond acceptors (Lipinski definition) is 4. The van der Waals surface area contributed by atoms with E-state index in [-0.39, 0.29) is 11.5 Å². The topological polar surface area (TPSA) is 89.7 Å². The van der Waals surface area contributed by atoms with Crippen LogP contribution in [0.1, 0.15) is 11.1 Å². The number of anilines is 1. The first-order chi connectivity index (χ1) is 11.0. The lowest BCUT2D eigenvalue weighted by Gasteiger charge is -2.19. The molecular formula is C16H16N2O4S. The summed E-state index contributed by atoms with van der Waals surface area (Å²) in [6, 6.07) is 14.1. The fourth-order valence-electron chi connectivity index (χ4n) is 2.63. The van der Waals surface area contributed by atoms with Gasteiger partial charge in [-0.15, -0.1) is 0 Å². The number of para-hydroxylation sites is 1. The number of nitrogens with zero attached hydrogens (tertiary/aromatic N) is 1. The molecule has 3 rings (SSSR count). The van der Waals surface area contributed by atoms with Gasteiger partial charge < -0.3 is 4.74 Å². The summed E-state index contributed by atoms with van der Waals surface area (Å²) in [7, 11) is -3.91. The number of rotatable bonds is 3. The van der Waals surface area contributed by atoms with Crippen LogP contribution >= 0.6 is 0 Å². The van der Waals surface area contributed by atoms with Crippen LogP contribution in [0, 0.1) is 0 Å². The van der Waals surface area contributed by atoms with Crippen molar-refractivity contribution in [2.45, 2.75) is 17.9 Å². The number of fused-ring (bicyclic) bond motifs is 1. The summed E-state index contributed by atoms with van der Waals surface area (Å²) in [5.74, 6) is 0. The Labute approximate surface area is 134 Å². The van der Waals surface area contributed by atoms with Crippen LogP contribution in [-0.2, 0) is 27.8 Å². The second kappa shape index (κ2) is 6.02. The highest BCUT2D eigenvalue weighted by molar-refractivity contribution is 7.89. The van der Waals surface area contributed by atoms with Crippen molar-refractivity contribution in [1.29, 1.82) is 0 Å². The SMILES string of the molecule is NS(=O)(=O)c1cccc2c1N(C(=O)OCc1ccccc1)CC2. The summed E-state index contributed by atoms with van der Waals surface area (Å²) >= 11 is 0. The predicted molar refractivity (Wildman–Crippen MR) is 85.5 cm³/mol. The van der Waals surface area contributed by atoms with Gasteiger partial charge in [-0.3, -0.25) is 4.90 Å². The van der Waals surface area contributed by atoms with Gasteiger partial charge in [-0.05, 0) is 23.6 Å². The number of ether oxygens (including phenoxy) is 1. The average molecular weight is 332 g/mol. The van der Waals surface area contributed by atoms with Gasteiger partial charge in [-0.1, -0.05) is 42.5 Å². The van der Waals surface area contributed by atoms with Gasteiger partial charge in [0.25, 0.3) is 0 Å². The Morgan fingerprint density at radius 3 is 2.57 bits per heavy atom. The van der Waals surface area contributed by atoms with Crippen molar-refractivity contribution < 1.29 is 17.9 Å². The smallest absolute Gasteiger partial charge is 0.414 e. The summed E-state index contributed by atoms with van der Waals surface area (Å²) < 4.78 is 28.8. The fourth-order valence-corrected chi connectivity index (χ4v) is 3.41. The van der Waals surface area contributed by atoms with E-state index in [2.05, 4.69) is 0 Å². The number of carbonyl (C=O) groups excluding carboxylic acids is 1. The molecule has 0 fully saturated rings. The van der Waals surface area contributed by atoms with E-state index < -0.39 is 16.1 Å². The van der Waals surface area contributed by atoms with Gasteiger partial charge in [-0.25, -0.2) is 18.4 Å². The van der Waals surface area contributed by atoms with E-state index in [1.807, 2.05) is 30.3 Å². The Morgan fingerprint density at radius 1 is 1.13 bits per heavy atom. The summed E-state index contributed by atoms with van der Waals surface area (Å²) in [4.78, 5) is 13.6. The van der Waals surface area contributed by atoms with Crippen LogP contribution in [0.5, 0.6) is 0 Å². The minimum atomic E-state index is -3.91. The second-order valence-electron chi connectivity index (χ2n) is 5.25. The third-order valence-electron chi connectivity index (χ3n) is 3.69.